The number of aldehydes is 1. The standard InChI is InChI=1S/C16H16NO/c1-2-17-11-9-15(10-12-17)4-3-14-5-7-16(13-18)8-6-14/h3-13H,2H2,1H3/q+1/b4-3+. The van der Waals surface area contributed by atoms with Crippen LogP contribution in [-0.4, -0.2) is 6.29 Å². The molecular formula is C16H16NO+. The average Bonchev–Trinajstić information content (AvgIpc) is 2.46. The Kier molecular flexibility index (Phi) is 4.02. The molecule has 0 saturated carbocycles. The molecule has 90 valence electrons. The van der Waals surface area contributed by atoms with Crippen LogP contribution in [0.2, 0.25) is 0 Å². The summed E-state index contributed by atoms with van der Waals surface area (Å²) in [5.41, 5.74) is 2.96. The Balaban J connectivity index is 2.10. The van der Waals surface area contributed by atoms with Gasteiger partial charge in [0.1, 0.15) is 12.8 Å². The molecule has 0 atom stereocenters. The van der Waals surface area contributed by atoms with E-state index in [0.29, 0.717) is 5.56 Å². The van der Waals surface area contributed by atoms with Gasteiger partial charge in [-0.15, -0.1) is 0 Å². The van der Waals surface area contributed by atoms with Crippen molar-refractivity contribution in [2.75, 3.05) is 0 Å². The highest BCUT2D eigenvalue weighted by atomic mass is 16.1. The normalized spacial score (nSPS) is 10.7. The Labute approximate surface area is 107 Å². The fourth-order valence-corrected chi connectivity index (χ4v) is 1.67. The Bertz CT molecular complexity index is 538. The summed E-state index contributed by atoms with van der Waals surface area (Å²) >= 11 is 0. The number of aryl methyl sites for hydroxylation is 1. The van der Waals surface area contributed by atoms with E-state index >= 15 is 0 Å². The molecule has 2 nitrogen and oxygen atoms in total. The molecule has 0 aliphatic carbocycles. The van der Waals surface area contributed by atoms with Gasteiger partial charge in [0.25, 0.3) is 0 Å². The highest BCUT2D eigenvalue weighted by Crippen LogP contribution is 2.08. The quantitative estimate of drug-likeness (QED) is 0.592. The Morgan fingerprint density at radius 3 is 1.89 bits per heavy atom. The highest BCUT2D eigenvalue weighted by molar-refractivity contribution is 5.76. The molecule has 1 aromatic carbocycles. The van der Waals surface area contributed by atoms with Gasteiger partial charge >= 0.3 is 0 Å². The summed E-state index contributed by atoms with van der Waals surface area (Å²) < 4.78 is 2.12. The molecule has 2 aromatic rings. The third kappa shape index (κ3) is 3.14. The third-order valence-electron chi connectivity index (χ3n) is 2.82. The Morgan fingerprint density at radius 2 is 1.39 bits per heavy atom. The molecule has 2 heteroatoms. The van der Waals surface area contributed by atoms with E-state index in [1.807, 2.05) is 30.3 Å². The fourth-order valence-electron chi connectivity index (χ4n) is 1.67. The van der Waals surface area contributed by atoms with E-state index in [-0.39, 0.29) is 0 Å². The molecule has 0 fully saturated rings. The Hall–Kier alpha value is -2.22. The first-order valence-electron chi connectivity index (χ1n) is 6.04. The topological polar surface area (TPSA) is 20.9 Å². The van der Waals surface area contributed by atoms with Crippen molar-refractivity contribution < 1.29 is 9.36 Å². The maximum atomic E-state index is 10.5. The molecule has 0 N–H and O–H groups in total. The molecule has 0 radical (unpaired) electrons. The zero-order chi connectivity index (χ0) is 12.8. The molecule has 0 aliphatic rings. The molecule has 1 heterocycles. The minimum Gasteiger partial charge on any atom is -0.298 e. The zero-order valence-electron chi connectivity index (χ0n) is 10.4. The van der Waals surface area contributed by atoms with Crippen molar-refractivity contribution in [3.63, 3.8) is 0 Å². The monoisotopic (exact) mass is 238 g/mol. The lowest BCUT2D eigenvalue weighted by Gasteiger charge is -1.95. The summed E-state index contributed by atoms with van der Waals surface area (Å²) in [7, 11) is 0. The first-order valence-corrected chi connectivity index (χ1v) is 6.04. The molecule has 1 aromatic heterocycles. The lowest BCUT2D eigenvalue weighted by Crippen LogP contribution is -2.30. The number of hydrogen-bond donors (Lipinski definition) is 0. The summed E-state index contributed by atoms with van der Waals surface area (Å²) in [5.74, 6) is 0. The SMILES string of the molecule is CC[n+]1ccc(/C=C/c2ccc(C=O)cc2)cc1. The van der Waals surface area contributed by atoms with E-state index in [2.05, 4.69) is 42.1 Å². The second-order valence-electron chi connectivity index (χ2n) is 4.08. The van der Waals surface area contributed by atoms with Gasteiger partial charge in [0, 0.05) is 17.7 Å². The van der Waals surface area contributed by atoms with Gasteiger partial charge in [-0.25, -0.2) is 4.57 Å². The van der Waals surface area contributed by atoms with Crippen LogP contribution in [0.3, 0.4) is 0 Å². The average molecular weight is 238 g/mol. The predicted octanol–water partition coefficient (Wildman–Crippen LogP) is 2.98. The number of benzene rings is 1. The van der Waals surface area contributed by atoms with Crippen molar-refractivity contribution >= 4 is 18.4 Å². The van der Waals surface area contributed by atoms with Crippen LogP contribution in [0.5, 0.6) is 0 Å². The van der Waals surface area contributed by atoms with E-state index in [0.717, 1.165) is 18.4 Å². The number of nitrogens with zero attached hydrogens (tertiary/aromatic N) is 1. The maximum Gasteiger partial charge on any atom is 0.169 e. The van der Waals surface area contributed by atoms with E-state index in [4.69, 9.17) is 0 Å². The number of aromatic nitrogens is 1. The second kappa shape index (κ2) is 5.92. The smallest absolute Gasteiger partial charge is 0.169 e. The van der Waals surface area contributed by atoms with Crippen LogP contribution in [0.4, 0.5) is 0 Å². The van der Waals surface area contributed by atoms with Gasteiger partial charge in [-0.05, 0) is 18.1 Å². The van der Waals surface area contributed by atoms with Gasteiger partial charge in [0.05, 0.1) is 0 Å². The van der Waals surface area contributed by atoms with Crippen molar-refractivity contribution in [2.24, 2.45) is 0 Å². The number of carbonyl (C=O) groups is 1. The fraction of sp³-hybridized carbons (Fsp3) is 0.125. The number of rotatable bonds is 4. The number of hydrogen-bond acceptors (Lipinski definition) is 1. The summed E-state index contributed by atoms with van der Waals surface area (Å²) in [5, 5.41) is 0. The van der Waals surface area contributed by atoms with Crippen LogP contribution >= 0.6 is 0 Å². The van der Waals surface area contributed by atoms with Gasteiger partial charge in [0.15, 0.2) is 12.4 Å². The van der Waals surface area contributed by atoms with Gasteiger partial charge in [-0.2, -0.15) is 0 Å². The lowest BCUT2D eigenvalue weighted by atomic mass is 10.1. The van der Waals surface area contributed by atoms with Crippen LogP contribution in [-0.2, 0) is 6.54 Å². The minimum absolute atomic E-state index is 0.704. The predicted molar refractivity (Wildman–Crippen MR) is 73.1 cm³/mol. The third-order valence-corrected chi connectivity index (χ3v) is 2.82. The van der Waals surface area contributed by atoms with E-state index in [1.165, 1.54) is 5.56 Å². The van der Waals surface area contributed by atoms with Gasteiger partial charge in [0.2, 0.25) is 0 Å². The molecule has 0 saturated heterocycles. The Morgan fingerprint density at radius 1 is 0.889 bits per heavy atom. The van der Waals surface area contributed by atoms with Gasteiger partial charge in [-0.3, -0.25) is 4.79 Å². The van der Waals surface area contributed by atoms with Crippen molar-refractivity contribution in [2.45, 2.75) is 13.5 Å². The molecule has 0 aliphatic heterocycles. The molecule has 0 bridgehead atoms. The van der Waals surface area contributed by atoms with Crippen molar-refractivity contribution in [3.8, 4) is 0 Å². The minimum atomic E-state index is 0.704. The summed E-state index contributed by atoms with van der Waals surface area (Å²) in [6.45, 7) is 3.10. The summed E-state index contributed by atoms with van der Waals surface area (Å²) in [6, 6.07) is 11.7. The number of carbonyl (C=O) groups excluding carboxylic acids is 1. The molecule has 0 spiro atoms. The second-order valence-corrected chi connectivity index (χ2v) is 4.08. The first kappa shape index (κ1) is 12.2. The van der Waals surface area contributed by atoms with E-state index in [9.17, 15) is 4.79 Å². The van der Waals surface area contributed by atoms with E-state index in [1.54, 1.807) is 0 Å². The zero-order valence-corrected chi connectivity index (χ0v) is 10.4. The first-order chi connectivity index (χ1) is 8.81. The highest BCUT2D eigenvalue weighted by Gasteiger charge is 1.95. The van der Waals surface area contributed by atoms with Gasteiger partial charge in [-0.1, -0.05) is 36.4 Å². The summed E-state index contributed by atoms with van der Waals surface area (Å²) in [4.78, 5) is 10.5. The molecule has 0 unspecified atom stereocenters. The van der Waals surface area contributed by atoms with E-state index < -0.39 is 0 Å². The largest absolute Gasteiger partial charge is 0.298 e. The van der Waals surface area contributed by atoms with Crippen LogP contribution in [0.1, 0.15) is 28.4 Å². The molecule has 2 rings (SSSR count). The molecular weight excluding hydrogens is 222 g/mol. The van der Waals surface area contributed by atoms with Crippen LogP contribution in [0.15, 0.2) is 48.8 Å². The van der Waals surface area contributed by atoms with Crippen LogP contribution in [0.25, 0.3) is 12.2 Å². The van der Waals surface area contributed by atoms with Crippen LogP contribution in [0, 0.1) is 0 Å². The molecule has 18 heavy (non-hydrogen) atoms. The molecule has 0 amide bonds. The van der Waals surface area contributed by atoms with Crippen molar-refractivity contribution in [3.05, 3.63) is 65.5 Å². The van der Waals surface area contributed by atoms with Crippen LogP contribution < -0.4 is 4.57 Å². The number of pyridine rings is 1. The van der Waals surface area contributed by atoms with Crippen molar-refractivity contribution in [1.82, 2.24) is 0 Å². The van der Waals surface area contributed by atoms with Gasteiger partial charge < -0.3 is 0 Å². The summed E-state index contributed by atoms with van der Waals surface area (Å²) in [6.07, 6.45) is 9.09. The van der Waals surface area contributed by atoms with Crippen molar-refractivity contribution in [1.29, 1.82) is 0 Å². The lowest BCUT2D eigenvalue weighted by molar-refractivity contribution is -0.693. The maximum absolute atomic E-state index is 10.5.